The summed E-state index contributed by atoms with van der Waals surface area (Å²) in [7, 11) is -2.85. The molecule has 0 saturated heterocycles. The number of rotatable bonds is 6. The largest absolute Gasteiger partial charge is 0.311 e. The molecule has 3 aliphatic heterocycles. The number of hydrogen-bond donors (Lipinski definition) is 0. The van der Waals surface area contributed by atoms with Gasteiger partial charge in [-0.3, -0.25) is 0 Å². The van der Waals surface area contributed by atoms with Crippen molar-refractivity contribution in [1.82, 2.24) is 0 Å². The van der Waals surface area contributed by atoms with Crippen molar-refractivity contribution in [2.45, 2.75) is 29.1 Å². The smallest absolute Gasteiger partial charge is 0.249 e. The Labute approximate surface area is 433 Å². The van der Waals surface area contributed by atoms with Crippen molar-refractivity contribution in [3.05, 3.63) is 266 Å². The summed E-state index contributed by atoms with van der Waals surface area (Å²) < 4.78 is 0. The minimum absolute atomic E-state index is 0.0183. The van der Waals surface area contributed by atoms with E-state index in [1.807, 2.05) is 11.8 Å². The van der Waals surface area contributed by atoms with E-state index in [0.717, 1.165) is 0 Å². The summed E-state index contributed by atoms with van der Waals surface area (Å²) in [6.07, 6.45) is 0. The first-order valence-electron chi connectivity index (χ1n) is 25.6. The second-order valence-electron chi connectivity index (χ2n) is 20.7. The molecule has 1 nitrogen and oxygen atoms in total. The highest BCUT2D eigenvalue weighted by molar-refractivity contribution is 8.00. The van der Waals surface area contributed by atoms with Crippen molar-refractivity contribution in [1.29, 1.82) is 0 Å². The van der Waals surface area contributed by atoms with Gasteiger partial charge in [0.1, 0.15) is 0 Å². The number of hydrogen-bond acceptors (Lipinski definition) is 2. The Morgan fingerprint density at radius 1 is 0.356 bits per heavy atom. The Kier molecular flexibility index (Phi) is 9.43. The van der Waals surface area contributed by atoms with Crippen LogP contribution in [-0.4, -0.2) is 14.8 Å². The number of benzene rings is 11. The number of anilines is 3. The van der Waals surface area contributed by atoms with E-state index in [1.54, 1.807) is 0 Å². The second-order valence-corrected chi connectivity index (χ2v) is 25.5. The lowest BCUT2D eigenvalue weighted by Gasteiger charge is -2.42. The van der Waals surface area contributed by atoms with Crippen LogP contribution in [0, 0.1) is 0 Å². The number of fused-ring (bicyclic) bond motifs is 10. The minimum Gasteiger partial charge on any atom is -0.311 e. The maximum Gasteiger partial charge on any atom is 0.249 e. The van der Waals surface area contributed by atoms with Gasteiger partial charge in [-0.25, -0.2) is 0 Å². The fraction of sp³-hybridized carbons (Fsp3) is 0.0435. The Bertz CT molecular complexity index is 4000. The van der Waals surface area contributed by atoms with Crippen LogP contribution in [0.4, 0.5) is 17.1 Å². The molecule has 0 unspecified atom stereocenters. The monoisotopic (exact) mass is 961 g/mol. The first-order valence-corrected chi connectivity index (χ1v) is 28.4. The number of para-hydroxylation sites is 1. The zero-order valence-electron chi connectivity index (χ0n) is 40.7. The minimum atomic E-state index is -2.85. The fourth-order valence-corrected chi connectivity index (χ4v) is 19.8. The van der Waals surface area contributed by atoms with E-state index in [2.05, 4.69) is 274 Å². The normalized spacial score (nSPS) is 14.5. The first-order chi connectivity index (χ1) is 36.0. The van der Waals surface area contributed by atoms with Crippen LogP contribution in [0.15, 0.2) is 265 Å². The van der Waals surface area contributed by atoms with E-state index in [0.29, 0.717) is 0 Å². The van der Waals surface area contributed by atoms with Gasteiger partial charge < -0.3 is 4.90 Å². The predicted octanol–water partition coefficient (Wildman–Crippen LogP) is 13.1. The van der Waals surface area contributed by atoms with Gasteiger partial charge in [0.2, 0.25) is 6.71 Å². The molecule has 4 aliphatic rings. The molecule has 0 atom stereocenters. The van der Waals surface area contributed by atoms with Crippen LogP contribution in [0.1, 0.15) is 25.0 Å². The lowest BCUT2D eigenvalue weighted by Crippen LogP contribution is -2.73. The molecule has 0 spiro atoms. The molecule has 0 saturated carbocycles. The lowest BCUT2D eigenvalue weighted by atomic mass is 9.34. The Balaban J connectivity index is 1.03. The third-order valence-corrected chi connectivity index (χ3v) is 22.6. The third-order valence-electron chi connectivity index (χ3n) is 16.6. The lowest BCUT2D eigenvalue weighted by molar-refractivity contribution is 0.660. The highest BCUT2D eigenvalue weighted by Crippen LogP contribution is 2.51. The average molecular weight is 962 g/mol. The summed E-state index contributed by atoms with van der Waals surface area (Å²) in [6.45, 7) is 4.72. The van der Waals surface area contributed by atoms with Gasteiger partial charge in [-0.05, 0) is 129 Å². The van der Waals surface area contributed by atoms with E-state index < -0.39 is 8.07 Å². The summed E-state index contributed by atoms with van der Waals surface area (Å²) in [5.41, 5.74) is 23.2. The van der Waals surface area contributed by atoms with Crippen molar-refractivity contribution >= 4 is 80.7 Å². The first kappa shape index (κ1) is 42.5. The predicted molar refractivity (Wildman–Crippen MR) is 313 cm³/mol. The third kappa shape index (κ3) is 6.18. The van der Waals surface area contributed by atoms with E-state index in [1.165, 1.54) is 131 Å². The van der Waals surface area contributed by atoms with Crippen LogP contribution in [-0.2, 0) is 5.41 Å². The van der Waals surface area contributed by atoms with Gasteiger partial charge in [0.15, 0.2) is 8.07 Å². The van der Waals surface area contributed by atoms with E-state index in [4.69, 9.17) is 0 Å². The van der Waals surface area contributed by atoms with E-state index in [-0.39, 0.29) is 12.1 Å². The van der Waals surface area contributed by atoms with Gasteiger partial charge in [0.05, 0.1) is 5.69 Å². The van der Waals surface area contributed by atoms with Crippen LogP contribution in [0.5, 0.6) is 0 Å². The second kappa shape index (κ2) is 16.2. The molecular weight excluding hydrogens is 914 g/mol. The van der Waals surface area contributed by atoms with Crippen LogP contribution >= 0.6 is 11.8 Å². The molecule has 4 heteroatoms. The fourth-order valence-electron chi connectivity index (χ4n) is 13.3. The zero-order valence-corrected chi connectivity index (χ0v) is 42.5. The Morgan fingerprint density at radius 3 is 1.67 bits per heavy atom. The molecule has 0 radical (unpaired) electrons. The van der Waals surface area contributed by atoms with Crippen LogP contribution in [0.25, 0.3) is 55.6 Å². The highest BCUT2D eigenvalue weighted by atomic mass is 32.2. The van der Waals surface area contributed by atoms with Gasteiger partial charge in [-0.15, -0.1) is 0 Å². The topological polar surface area (TPSA) is 3.24 Å². The molecule has 73 heavy (non-hydrogen) atoms. The maximum absolute atomic E-state index is 2.85. The molecule has 0 fully saturated rings. The molecule has 0 amide bonds. The van der Waals surface area contributed by atoms with Gasteiger partial charge in [0.25, 0.3) is 0 Å². The van der Waals surface area contributed by atoms with Gasteiger partial charge in [-0.2, -0.15) is 0 Å². The van der Waals surface area contributed by atoms with Crippen LogP contribution in [0.2, 0.25) is 0 Å². The summed E-state index contributed by atoms with van der Waals surface area (Å²) in [5, 5.41) is 5.74. The maximum atomic E-state index is 2.70. The van der Waals surface area contributed by atoms with Crippen molar-refractivity contribution in [2.75, 3.05) is 4.90 Å². The average Bonchev–Trinajstić information content (AvgIpc) is 3.87. The zero-order chi connectivity index (χ0) is 48.4. The van der Waals surface area contributed by atoms with Crippen LogP contribution < -0.4 is 42.0 Å². The van der Waals surface area contributed by atoms with Crippen LogP contribution in [0.3, 0.4) is 0 Å². The quantitative estimate of drug-likeness (QED) is 0.153. The molecule has 11 aromatic carbocycles. The summed E-state index contributed by atoms with van der Waals surface area (Å²) in [4.78, 5) is 5.26. The molecule has 3 heterocycles. The van der Waals surface area contributed by atoms with Crippen molar-refractivity contribution in [3.8, 4) is 55.6 Å². The van der Waals surface area contributed by atoms with Gasteiger partial charge in [0, 0.05) is 32.1 Å². The van der Waals surface area contributed by atoms with Gasteiger partial charge >= 0.3 is 0 Å². The Morgan fingerprint density at radius 2 is 0.932 bits per heavy atom. The van der Waals surface area contributed by atoms with Gasteiger partial charge in [-0.1, -0.05) is 249 Å². The molecule has 11 aromatic rings. The van der Waals surface area contributed by atoms with Crippen molar-refractivity contribution in [3.63, 3.8) is 0 Å². The molecule has 0 aromatic heterocycles. The molecule has 342 valence electrons. The van der Waals surface area contributed by atoms with E-state index >= 15 is 0 Å². The van der Waals surface area contributed by atoms with Crippen molar-refractivity contribution in [2.24, 2.45) is 0 Å². The van der Waals surface area contributed by atoms with Crippen molar-refractivity contribution < 1.29 is 0 Å². The molecule has 0 N–H and O–H groups in total. The van der Waals surface area contributed by atoms with E-state index in [9.17, 15) is 0 Å². The standard InChI is InChI=1S/C69H48BNSSi/c1-69(2)57-32-18-15-30-53(57)55-39-47(35-37-58(55)69)48-36-38-59-64(41-48)72-65-42-49(45-21-7-3-8-22-45)40-63-68(65)70(59)60-44-67-56(43-62(60)71(63)61-33-19-16-29-52(61)46-23-9-4-10-24-46)54-31-17-20-34-66(54)73(67,50-25-11-5-12-26-50)51-27-13-6-14-28-51/h3-44H,1-2H3. The summed E-state index contributed by atoms with van der Waals surface area (Å²) in [6, 6.07) is 97.1. The highest BCUT2D eigenvalue weighted by Gasteiger charge is 2.51. The summed E-state index contributed by atoms with van der Waals surface area (Å²) in [5.74, 6) is 0. The molecular formula is C69H48BNSSi. The SMILES string of the molecule is CC1(C)c2ccccc2-c2cc(-c3ccc4c(c3)Sc3cc(-c5ccccc5)cc5c3B4c3cc4c(cc3N5c3ccccc3-c3ccccc3)-c3ccccc3[Si]4(c3ccccc3)c3ccccc3)ccc21. The molecule has 15 rings (SSSR count). The molecule has 1 aliphatic carbocycles. The molecule has 0 bridgehead atoms. The Hall–Kier alpha value is -8.15. The number of nitrogens with zero attached hydrogens (tertiary/aromatic N) is 1. The summed E-state index contributed by atoms with van der Waals surface area (Å²) >= 11 is 1.94.